The van der Waals surface area contributed by atoms with Crippen LogP contribution in [0.15, 0.2) is 0 Å². The van der Waals surface area contributed by atoms with E-state index in [9.17, 15) is 4.79 Å². The molecule has 0 saturated heterocycles. The first-order valence-electron chi connectivity index (χ1n) is 6.69. The van der Waals surface area contributed by atoms with E-state index < -0.39 is 0 Å². The highest BCUT2D eigenvalue weighted by Crippen LogP contribution is 2.23. The number of hydrogen-bond acceptors (Lipinski definition) is 2. The third kappa shape index (κ3) is 4.12. The van der Waals surface area contributed by atoms with Crippen LogP contribution in [0.3, 0.4) is 0 Å². The predicted octanol–water partition coefficient (Wildman–Crippen LogP) is 2.07. The molecule has 3 nitrogen and oxygen atoms in total. The quantitative estimate of drug-likeness (QED) is 0.753. The topological polar surface area (TPSA) is 41.1 Å². The van der Waals surface area contributed by atoms with Crippen molar-refractivity contribution in [1.29, 1.82) is 0 Å². The van der Waals surface area contributed by atoms with Gasteiger partial charge in [-0.25, -0.2) is 0 Å². The van der Waals surface area contributed by atoms with Gasteiger partial charge in [0.2, 0.25) is 5.91 Å². The first-order valence-corrected chi connectivity index (χ1v) is 6.69. The molecule has 2 N–H and O–H groups in total. The maximum atomic E-state index is 11.7. The molecule has 94 valence electrons. The lowest BCUT2D eigenvalue weighted by Crippen LogP contribution is -2.49. The van der Waals surface area contributed by atoms with E-state index in [1.807, 2.05) is 6.92 Å². The second-order valence-electron chi connectivity index (χ2n) is 5.05. The van der Waals surface area contributed by atoms with Gasteiger partial charge in [0.1, 0.15) is 0 Å². The average Bonchev–Trinajstić information content (AvgIpc) is 2.28. The summed E-state index contributed by atoms with van der Waals surface area (Å²) in [5, 5.41) is 6.40. The molecule has 0 aromatic rings. The van der Waals surface area contributed by atoms with E-state index in [1.54, 1.807) is 0 Å². The van der Waals surface area contributed by atoms with Crippen molar-refractivity contribution < 1.29 is 4.79 Å². The van der Waals surface area contributed by atoms with E-state index in [1.165, 1.54) is 25.7 Å². The maximum Gasteiger partial charge on any atom is 0.236 e. The van der Waals surface area contributed by atoms with Crippen molar-refractivity contribution in [3.05, 3.63) is 0 Å². The first kappa shape index (κ1) is 13.5. The van der Waals surface area contributed by atoms with Gasteiger partial charge in [-0.3, -0.25) is 4.79 Å². The van der Waals surface area contributed by atoms with Crippen molar-refractivity contribution in [2.75, 3.05) is 6.54 Å². The lowest BCUT2D eigenvalue weighted by molar-refractivity contribution is -0.123. The summed E-state index contributed by atoms with van der Waals surface area (Å²) in [5.74, 6) is 0.842. The van der Waals surface area contributed by atoms with Crippen LogP contribution in [0.1, 0.15) is 52.9 Å². The molecule has 1 aliphatic rings. The van der Waals surface area contributed by atoms with E-state index in [-0.39, 0.29) is 11.9 Å². The summed E-state index contributed by atoms with van der Waals surface area (Å²) in [7, 11) is 0. The lowest BCUT2D eigenvalue weighted by Gasteiger charge is -2.31. The van der Waals surface area contributed by atoms with E-state index in [0.29, 0.717) is 12.0 Å². The van der Waals surface area contributed by atoms with Crippen LogP contribution in [0, 0.1) is 5.92 Å². The molecule has 1 rings (SSSR count). The SMILES string of the molecule is CCCNC(=O)C(C)NC1CCCCC1C. The zero-order valence-electron chi connectivity index (χ0n) is 10.9. The van der Waals surface area contributed by atoms with E-state index in [2.05, 4.69) is 24.5 Å². The fourth-order valence-electron chi connectivity index (χ4n) is 2.36. The molecule has 1 fully saturated rings. The normalized spacial score (nSPS) is 27.4. The van der Waals surface area contributed by atoms with Gasteiger partial charge in [0, 0.05) is 12.6 Å². The molecule has 3 atom stereocenters. The summed E-state index contributed by atoms with van der Waals surface area (Å²) in [6, 6.07) is 0.466. The fourth-order valence-corrected chi connectivity index (χ4v) is 2.36. The minimum atomic E-state index is -0.0582. The van der Waals surface area contributed by atoms with Crippen LogP contribution < -0.4 is 10.6 Å². The number of carbonyl (C=O) groups excluding carboxylic acids is 1. The Labute approximate surface area is 99.4 Å². The number of carbonyl (C=O) groups is 1. The van der Waals surface area contributed by atoms with Crippen LogP contribution in [0.2, 0.25) is 0 Å². The van der Waals surface area contributed by atoms with Gasteiger partial charge in [-0.05, 0) is 32.1 Å². The highest BCUT2D eigenvalue weighted by Gasteiger charge is 2.24. The van der Waals surface area contributed by atoms with Gasteiger partial charge < -0.3 is 10.6 Å². The molecule has 0 aliphatic heterocycles. The highest BCUT2D eigenvalue weighted by atomic mass is 16.2. The summed E-state index contributed by atoms with van der Waals surface area (Å²) in [4.78, 5) is 11.7. The summed E-state index contributed by atoms with van der Waals surface area (Å²) in [6.07, 6.45) is 6.15. The number of hydrogen-bond donors (Lipinski definition) is 2. The van der Waals surface area contributed by atoms with Crippen LogP contribution in [0.25, 0.3) is 0 Å². The Balaban J connectivity index is 2.31. The number of nitrogens with one attached hydrogen (secondary N) is 2. The summed E-state index contributed by atoms with van der Waals surface area (Å²) in [5.41, 5.74) is 0. The second kappa shape index (κ2) is 6.89. The minimum Gasteiger partial charge on any atom is -0.355 e. The monoisotopic (exact) mass is 226 g/mol. The van der Waals surface area contributed by atoms with E-state index in [4.69, 9.17) is 0 Å². The zero-order chi connectivity index (χ0) is 12.0. The molecular weight excluding hydrogens is 200 g/mol. The maximum absolute atomic E-state index is 11.7. The third-order valence-electron chi connectivity index (χ3n) is 3.52. The molecule has 1 saturated carbocycles. The number of rotatable bonds is 5. The Hall–Kier alpha value is -0.570. The van der Waals surface area contributed by atoms with Crippen molar-refractivity contribution >= 4 is 5.91 Å². The zero-order valence-corrected chi connectivity index (χ0v) is 10.9. The molecule has 0 heterocycles. The van der Waals surface area contributed by atoms with Gasteiger partial charge in [0.25, 0.3) is 0 Å². The van der Waals surface area contributed by atoms with Crippen LogP contribution >= 0.6 is 0 Å². The van der Waals surface area contributed by atoms with Gasteiger partial charge in [0.15, 0.2) is 0 Å². The van der Waals surface area contributed by atoms with Crippen LogP contribution in [0.4, 0.5) is 0 Å². The fraction of sp³-hybridized carbons (Fsp3) is 0.923. The smallest absolute Gasteiger partial charge is 0.236 e. The highest BCUT2D eigenvalue weighted by molar-refractivity contribution is 5.81. The molecule has 16 heavy (non-hydrogen) atoms. The van der Waals surface area contributed by atoms with Crippen LogP contribution in [-0.4, -0.2) is 24.5 Å². The molecule has 0 spiro atoms. The molecule has 3 unspecified atom stereocenters. The van der Waals surface area contributed by atoms with Gasteiger partial charge in [0.05, 0.1) is 6.04 Å². The van der Waals surface area contributed by atoms with E-state index in [0.717, 1.165) is 13.0 Å². The molecule has 0 radical (unpaired) electrons. The van der Waals surface area contributed by atoms with Crippen molar-refractivity contribution in [3.8, 4) is 0 Å². The molecule has 0 bridgehead atoms. The Bertz CT molecular complexity index is 218. The van der Waals surface area contributed by atoms with Crippen molar-refractivity contribution in [2.45, 2.75) is 65.0 Å². The summed E-state index contributed by atoms with van der Waals surface area (Å²) in [6.45, 7) is 7.10. The molecule has 1 amide bonds. The predicted molar refractivity (Wildman–Crippen MR) is 67.3 cm³/mol. The first-order chi connectivity index (χ1) is 7.65. The van der Waals surface area contributed by atoms with Gasteiger partial charge in [-0.2, -0.15) is 0 Å². The molecule has 1 aliphatic carbocycles. The molecule has 0 aromatic heterocycles. The largest absolute Gasteiger partial charge is 0.355 e. The Morgan fingerprint density at radius 1 is 1.38 bits per heavy atom. The third-order valence-corrected chi connectivity index (χ3v) is 3.52. The van der Waals surface area contributed by atoms with E-state index >= 15 is 0 Å². The van der Waals surface area contributed by atoms with Gasteiger partial charge in [-0.15, -0.1) is 0 Å². The Morgan fingerprint density at radius 3 is 2.69 bits per heavy atom. The van der Waals surface area contributed by atoms with Crippen molar-refractivity contribution in [3.63, 3.8) is 0 Å². The Morgan fingerprint density at radius 2 is 2.06 bits per heavy atom. The molecule has 3 heteroatoms. The average molecular weight is 226 g/mol. The van der Waals surface area contributed by atoms with Gasteiger partial charge >= 0.3 is 0 Å². The standard InChI is InChI=1S/C13H26N2O/c1-4-9-14-13(16)11(3)15-12-8-6-5-7-10(12)2/h10-12,15H,4-9H2,1-3H3,(H,14,16). The lowest BCUT2D eigenvalue weighted by atomic mass is 9.85. The number of amides is 1. The van der Waals surface area contributed by atoms with Crippen LogP contribution in [0.5, 0.6) is 0 Å². The van der Waals surface area contributed by atoms with Crippen LogP contribution in [-0.2, 0) is 4.79 Å². The molecule has 0 aromatic carbocycles. The molecular formula is C13H26N2O. The van der Waals surface area contributed by atoms with Gasteiger partial charge in [-0.1, -0.05) is 26.7 Å². The summed E-state index contributed by atoms with van der Waals surface area (Å²) >= 11 is 0. The second-order valence-corrected chi connectivity index (χ2v) is 5.05. The summed E-state index contributed by atoms with van der Waals surface area (Å²) < 4.78 is 0. The Kier molecular flexibility index (Phi) is 5.81. The van der Waals surface area contributed by atoms with Crippen molar-refractivity contribution in [2.24, 2.45) is 5.92 Å². The van der Waals surface area contributed by atoms with Crippen molar-refractivity contribution in [1.82, 2.24) is 10.6 Å². The minimum absolute atomic E-state index is 0.0582.